The number of nitrogens with one attached hydrogen (secondary N) is 1. The third kappa shape index (κ3) is 4.64. The van der Waals surface area contributed by atoms with Crippen molar-refractivity contribution in [1.82, 2.24) is 5.32 Å². The Labute approximate surface area is 142 Å². The lowest BCUT2D eigenvalue weighted by molar-refractivity contribution is 0.570. The summed E-state index contributed by atoms with van der Waals surface area (Å²) in [5.41, 5.74) is 2.69. The summed E-state index contributed by atoms with van der Waals surface area (Å²) in [6.07, 6.45) is 1.17. The molecule has 1 aliphatic rings. The highest BCUT2D eigenvalue weighted by molar-refractivity contribution is 9.10. The molecule has 1 aromatic rings. The van der Waals surface area contributed by atoms with Gasteiger partial charge in [-0.2, -0.15) is 11.8 Å². The Balaban J connectivity index is 2.11. The molecule has 4 heteroatoms. The molecule has 0 bridgehead atoms. The Morgan fingerprint density at radius 1 is 1.33 bits per heavy atom. The summed E-state index contributed by atoms with van der Waals surface area (Å²) < 4.78 is 1.22. The zero-order valence-electron chi connectivity index (χ0n) is 13.5. The van der Waals surface area contributed by atoms with Gasteiger partial charge >= 0.3 is 0 Å². The van der Waals surface area contributed by atoms with Crippen LogP contribution in [0.5, 0.6) is 0 Å². The Morgan fingerprint density at radius 2 is 2.00 bits per heavy atom. The quantitative estimate of drug-likeness (QED) is 0.797. The molecule has 2 nitrogen and oxygen atoms in total. The molecule has 1 heterocycles. The van der Waals surface area contributed by atoms with Crippen LogP contribution in [0.15, 0.2) is 22.7 Å². The summed E-state index contributed by atoms with van der Waals surface area (Å²) in [4.78, 5) is 2.52. The Hall–Kier alpha value is -0.190. The highest BCUT2D eigenvalue weighted by Gasteiger charge is 2.23. The Bertz CT molecular complexity index is 456. The van der Waals surface area contributed by atoms with Crippen molar-refractivity contribution in [2.45, 2.75) is 50.7 Å². The van der Waals surface area contributed by atoms with Gasteiger partial charge in [0.15, 0.2) is 0 Å². The van der Waals surface area contributed by atoms with Gasteiger partial charge in [0.05, 0.1) is 5.69 Å². The topological polar surface area (TPSA) is 15.3 Å². The highest BCUT2D eigenvalue weighted by Crippen LogP contribution is 2.34. The van der Waals surface area contributed by atoms with Gasteiger partial charge in [0.2, 0.25) is 0 Å². The van der Waals surface area contributed by atoms with E-state index in [1.165, 1.54) is 22.1 Å². The van der Waals surface area contributed by atoms with Gasteiger partial charge < -0.3 is 10.2 Å². The molecular weight excluding hydrogens is 344 g/mol. The largest absolute Gasteiger partial charge is 0.368 e. The maximum atomic E-state index is 3.78. The van der Waals surface area contributed by atoms with Crippen LogP contribution in [0.25, 0.3) is 0 Å². The van der Waals surface area contributed by atoms with Crippen LogP contribution in [0.2, 0.25) is 0 Å². The number of nitrogens with zero attached hydrogens (tertiary/aromatic N) is 1. The van der Waals surface area contributed by atoms with E-state index in [1.54, 1.807) is 0 Å². The maximum absolute atomic E-state index is 3.78. The maximum Gasteiger partial charge on any atom is 0.0511 e. The third-order valence-electron chi connectivity index (χ3n) is 3.93. The highest BCUT2D eigenvalue weighted by atomic mass is 79.9. The summed E-state index contributed by atoms with van der Waals surface area (Å²) in [5, 5.41) is 4.95. The van der Waals surface area contributed by atoms with Crippen LogP contribution in [-0.2, 0) is 0 Å². The molecule has 1 fully saturated rings. The lowest BCUT2D eigenvalue weighted by Gasteiger charge is -2.37. The molecule has 1 saturated heterocycles. The number of thioether (sulfide) groups is 1. The van der Waals surface area contributed by atoms with E-state index in [4.69, 9.17) is 0 Å². The van der Waals surface area contributed by atoms with Gasteiger partial charge in [-0.25, -0.2) is 0 Å². The molecule has 0 saturated carbocycles. The summed E-state index contributed by atoms with van der Waals surface area (Å²) in [6.45, 7) is 12.4. The van der Waals surface area contributed by atoms with Gasteiger partial charge in [-0.05, 0) is 53.5 Å². The van der Waals surface area contributed by atoms with Gasteiger partial charge in [-0.3, -0.25) is 0 Å². The van der Waals surface area contributed by atoms with Gasteiger partial charge in [0.1, 0.15) is 0 Å². The second kappa shape index (κ2) is 7.89. The molecule has 21 heavy (non-hydrogen) atoms. The lowest BCUT2D eigenvalue weighted by atomic mass is 10.1. The molecule has 3 atom stereocenters. The van der Waals surface area contributed by atoms with Crippen molar-refractivity contribution in [2.24, 2.45) is 0 Å². The zero-order chi connectivity index (χ0) is 15.4. The van der Waals surface area contributed by atoms with Crippen LogP contribution in [0.4, 0.5) is 5.69 Å². The van der Waals surface area contributed by atoms with E-state index >= 15 is 0 Å². The van der Waals surface area contributed by atoms with Crippen molar-refractivity contribution in [3.8, 4) is 0 Å². The first kappa shape index (κ1) is 17.2. The van der Waals surface area contributed by atoms with E-state index in [-0.39, 0.29) is 0 Å². The average Bonchev–Trinajstić information content (AvgIpc) is 2.43. The summed E-state index contributed by atoms with van der Waals surface area (Å²) >= 11 is 5.88. The summed E-state index contributed by atoms with van der Waals surface area (Å²) in [6, 6.07) is 7.23. The third-order valence-corrected chi connectivity index (χ3v) is 5.80. The van der Waals surface area contributed by atoms with Crippen LogP contribution < -0.4 is 10.2 Å². The number of hydrogen-bond acceptors (Lipinski definition) is 3. The first-order valence-electron chi connectivity index (χ1n) is 7.94. The molecule has 0 radical (unpaired) electrons. The second-order valence-corrected chi connectivity index (χ2v) is 8.78. The van der Waals surface area contributed by atoms with Gasteiger partial charge in [0, 0.05) is 34.1 Å². The summed E-state index contributed by atoms with van der Waals surface area (Å²) in [7, 11) is 0. The number of benzene rings is 1. The molecule has 2 rings (SSSR count). The second-order valence-electron chi connectivity index (χ2n) is 6.05. The standard InChI is InChI=1S/C17H27BrN2S/c1-5-8-19-14(4)15-6-7-17(16(18)9-15)20-10-12(2)21-13(3)11-20/h6-7,9,12-14,19H,5,8,10-11H2,1-4H3. The smallest absolute Gasteiger partial charge is 0.0511 e. The Morgan fingerprint density at radius 3 is 2.57 bits per heavy atom. The molecule has 1 N–H and O–H groups in total. The van der Waals surface area contributed by atoms with Gasteiger partial charge in [0.25, 0.3) is 0 Å². The normalized spacial score (nSPS) is 24.1. The summed E-state index contributed by atoms with van der Waals surface area (Å²) in [5.74, 6) is 0. The lowest BCUT2D eigenvalue weighted by Crippen LogP contribution is -2.40. The first-order valence-corrected chi connectivity index (χ1v) is 9.68. The minimum absolute atomic E-state index is 0.407. The molecule has 0 aromatic heterocycles. The molecule has 0 amide bonds. The first-order chi connectivity index (χ1) is 10.0. The SMILES string of the molecule is CCCNC(C)c1ccc(N2CC(C)SC(C)C2)c(Br)c1. The predicted octanol–water partition coefficient (Wildman–Crippen LogP) is 4.84. The molecular formula is C17H27BrN2S. The van der Waals surface area contributed by atoms with E-state index in [9.17, 15) is 0 Å². The zero-order valence-corrected chi connectivity index (χ0v) is 15.9. The number of halogens is 1. The van der Waals surface area contributed by atoms with Crippen LogP contribution in [-0.4, -0.2) is 30.1 Å². The predicted molar refractivity (Wildman–Crippen MR) is 99.6 cm³/mol. The van der Waals surface area contributed by atoms with Gasteiger partial charge in [-0.1, -0.05) is 26.8 Å². The van der Waals surface area contributed by atoms with Crippen molar-refractivity contribution in [3.63, 3.8) is 0 Å². The number of hydrogen-bond donors (Lipinski definition) is 1. The molecule has 1 aromatic carbocycles. The van der Waals surface area contributed by atoms with E-state index in [0.717, 1.165) is 19.6 Å². The van der Waals surface area contributed by atoms with Crippen molar-refractivity contribution in [1.29, 1.82) is 0 Å². The average molecular weight is 371 g/mol. The molecule has 1 aliphatic heterocycles. The monoisotopic (exact) mass is 370 g/mol. The van der Waals surface area contributed by atoms with E-state index in [1.807, 2.05) is 0 Å². The molecule has 0 aliphatic carbocycles. The number of rotatable bonds is 5. The fraction of sp³-hybridized carbons (Fsp3) is 0.647. The molecule has 0 spiro atoms. The van der Waals surface area contributed by atoms with Crippen LogP contribution in [0.1, 0.15) is 45.7 Å². The number of anilines is 1. The molecule has 118 valence electrons. The van der Waals surface area contributed by atoms with Crippen LogP contribution >= 0.6 is 27.7 Å². The van der Waals surface area contributed by atoms with Crippen LogP contribution in [0.3, 0.4) is 0 Å². The van der Waals surface area contributed by atoms with Gasteiger partial charge in [-0.15, -0.1) is 0 Å². The fourth-order valence-corrected chi connectivity index (χ4v) is 4.87. The van der Waals surface area contributed by atoms with Crippen molar-refractivity contribution >= 4 is 33.4 Å². The van der Waals surface area contributed by atoms with E-state index in [2.05, 4.69) is 83.8 Å². The van der Waals surface area contributed by atoms with Crippen molar-refractivity contribution < 1.29 is 0 Å². The van der Waals surface area contributed by atoms with Crippen molar-refractivity contribution in [2.75, 3.05) is 24.5 Å². The fourth-order valence-electron chi connectivity index (χ4n) is 2.90. The van der Waals surface area contributed by atoms with Crippen molar-refractivity contribution in [3.05, 3.63) is 28.2 Å². The molecule has 3 unspecified atom stereocenters. The van der Waals surface area contributed by atoms with E-state index < -0.39 is 0 Å². The minimum Gasteiger partial charge on any atom is -0.368 e. The minimum atomic E-state index is 0.407. The Kier molecular flexibility index (Phi) is 6.45. The van der Waals surface area contributed by atoms with Crippen LogP contribution in [0, 0.1) is 0 Å². The van der Waals surface area contributed by atoms with E-state index in [0.29, 0.717) is 16.5 Å².